The Labute approximate surface area is 70.0 Å². The maximum Gasteiger partial charge on any atom is 0.0195 e. The molecule has 0 bridgehead atoms. The SMILES string of the molecule is CCCN(C)C[C@@H]1CCCN1. The number of nitrogens with one attached hydrogen (secondary N) is 1. The smallest absolute Gasteiger partial charge is 0.0195 e. The fourth-order valence-electron chi connectivity index (χ4n) is 1.76. The van der Waals surface area contributed by atoms with Crippen molar-refractivity contribution in [1.82, 2.24) is 10.2 Å². The summed E-state index contributed by atoms with van der Waals surface area (Å²) in [6.07, 6.45) is 4.00. The molecule has 0 aromatic heterocycles. The van der Waals surface area contributed by atoms with Gasteiger partial charge in [-0.05, 0) is 39.4 Å². The summed E-state index contributed by atoms with van der Waals surface area (Å²) in [5, 5.41) is 3.50. The monoisotopic (exact) mass is 156 g/mol. The molecule has 11 heavy (non-hydrogen) atoms. The average molecular weight is 156 g/mol. The molecule has 1 aliphatic heterocycles. The molecular weight excluding hydrogens is 136 g/mol. The predicted molar refractivity (Wildman–Crippen MR) is 48.8 cm³/mol. The highest BCUT2D eigenvalue weighted by Gasteiger charge is 2.14. The van der Waals surface area contributed by atoms with Crippen molar-refractivity contribution in [1.29, 1.82) is 0 Å². The van der Waals surface area contributed by atoms with Crippen LogP contribution in [0.5, 0.6) is 0 Å². The summed E-state index contributed by atoms with van der Waals surface area (Å²) in [7, 11) is 2.21. The van der Waals surface area contributed by atoms with Crippen molar-refractivity contribution < 1.29 is 0 Å². The first kappa shape index (κ1) is 9.01. The maximum atomic E-state index is 3.50. The van der Waals surface area contributed by atoms with Crippen molar-refractivity contribution in [2.75, 3.05) is 26.7 Å². The van der Waals surface area contributed by atoms with Crippen molar-refractivity contribution in [2.24, 2.45) is 0 Å². The Bertz CT molecular complexity index is 97.7. The Balaban J connectivity index is 2.08. The van der Waals surface area contributed by atoms with Gasteiger partial charge in [-0.25, -0.2) is 0 Å². The normalized spacial score (nSPS) is 24.8. The van der Waals surface area contributed by atoms with E-state index in [0.717, 1.165) is 6.04 Å². The summed E-state index contributed by atoms with van der Waals surface area (Å²) < 4.78 is 0. The van der Waals surface area contributed by atoms with E-state index in [1.54, 1.807) is 0 Å². The number of nitrogens with zero attached hydrogens (tertiary/aromatic N) is 1. The highest BCUT2D eigenvalue weighted by atomic mass is 15.1. The van der Waals surface area contributed by atoms with E-state index >= 15 is 0 Å². The quantitative estimate of drug-likeness (QED) is 0.655. The molecular formula is C9H20N2. The first-order valence-corrected chi connectivity index (χ1v) is 4.75. The molecule has 0 aromatic carbocycles. The highest BCUT2D eigenvalue weighted by molar-refractivity contribution is 4.76. The average Bonchev–Trinajstić information content (AvgIpc) is 2.40. The van der Waals surface area contributed by atoms with Crippen molar-refractivity contribution in [3.05, 3.63) is 0 Å². The van der Waals surface area contributed by atoms with Gasteiger partial charge in [-0.2, -0.15) is 0 Å². The van der Waals surface area contributed by atoms with E-state index in [2.05, 4.69) is 24.2 Å². The van der Waals surface area contributed by atoms with Gasteiger partial charge in [0.1, 0.15) is 0 Å². The van der Waals surface area contributed by atoms with Crippen LogP contribution in [0.2, 0.25) is 0 Å². The molecule has 2 nitrogen and oxygen atoms in total. The van der Waals surface area contributed by atoms with Gasteiger partial charge < -0.3 is 10.2 Å². The molecule has 0 amide bonds. The van der Waals surface area contributed by atoms with E-state index in [0.29, 0.717) is 0 Å². The standard InChI is InChI=1S/C9H20N2/c1-3-7-11(2)8-9-5-4-6-10-9/h9-10H,3-8H2,1-2H3/t9-/m0/s1. The minimum atomic E-state index is 0.770. The van der Waals surface area contributed by atoms with E-state index in [1.165, 1.54) is 38.9 Å². The zero-order valence-corrected chi connectivity index (χ0v) is 7.77. The molecule has 0 spiro atoms. The van der Waals surface area contributed by atoms with Crippen LogP contribution in [-0.4, -0.2) is 37.6 Å². The zero-order chi connectivity index (χ0) is 8.10. The molecule has 2 heteroatoms. The third kappa shape index (κ3) is 3.21. The van der Waals surface area contributed by atoms with Crippen LogP contribution in [0.1, 0.15) is 26.2 Å². The van der Waals surface area contributed by atoms with E-state index < -0.39 is 0 Å². The van der Waals surface area contributed by atoms with Gasteiger partial charge in [0.05, 0.1) is 0 Å². The molecule has 0 saturated carbocycles. The number of hydrogen-bond donors (Lipinski definition) is 1. The fourth-order valence-corrected chi connectivity index (χ4v) is 1.76. The Kier molecular flexibility index (Phi) is 3.87. The topological polar surface area (TPSA) is 15.3 Å². The van der Waals surface area contributed by atoms with Crippen LogP contribution in [0.15, 0.2) is 0 Å². The summed E-state index contributed by atoms with van der Waals surface area (Å²) in [6, 6.07) is 0.770. The second-order valence-corrected chi connectivity index (χ2v) is 3.56. The minimum Gasteiger partial charge on any atom is -0.313 e. The molecule has 1 saturated heterocycles. The van der Waals surface area contributed by atoms with Gasteiger partial charge in [0.15, 0.2) is 0 Å². The van der Waals surface area contributed by atoms with Crippen LogP contribution in [0, 0.1) is 0 Å². The molecule has 0 aromatic rings. The van der Waals surface area contributed by atoms with Crippen molar-refractivity contribution in [3.63, 3.8) is 0 Å². The second-order valence-electron chi connectivity index (χ2n) is 3.56. The van der Waals surface area contributed by atoms with E-state index in [9.17, 15) is 0 Å². The van der Waals surface area contributed by atoms with E-state index in [1.807, 2.05) is 0 Å². The Morgan fingerprint density at radius 2 is 2.36 bits per heavy atom. The molecule has 1 N–H and O–H groups in total. The van der Waals surface area contributed by atoms with E-state index in [4.69, 9.17) is 0 Å². The van der Waals surface area contributed by atoms with E-state index in [-0.39, 0.29) is 0 Å². The van der Waals surface area contributed by atoms with Crippen LogP contribution >= 0.6 is 0 Å². The molecule has 0 aliphatic carbocycles. The molecule has 66 valence electrons. The third-order valence-electron chi connectivity index (χ3n) is 2.30. The summed E-state index contributed by atoms with van der Waals surface area (Å²) in [6.45, 7) is 5.93. The highest BCUT2D eigenvalue weighted by Crippen LogP contribution is 2.05. The molecule has 1 atom stereocenters. The van der Waals surface area contributed by atoms with Gasteiger partial charge in [0, 0.05) is 12.6 Å². The minimum absolute atomic E-state index is 0.770. The number of hydrogen-bond acceptors (Lipinski definition) is 2. The number of rotatable bonds is 4. The number of likely N-dealkylation sites (N-methyl/N-ethyl adjacent to an activating group) is 1. The Hall–Kier alpha value is -0.0800. The Morgan fingerprint density at radius 1 is 1.55 bits per heavy atom. The Morgan fingerprint density at radius 3 is 2.91 bits per heavy atom. The zero-order valence-electron chi connectivity index (χ0n) is 7.77. The molecule has 1 rings (SSSR count). The second kappa shape index (κ2) is 4.73. The lowest BCUT2D eigenvalue weighted by Crippen LogP contribution is -2.35. The largest absolute Gasteiger partial charge is 0.313 e. The lowest BCUT2D eigenvalue weighted by atomic mass is 10.2. The lowest BCUT2D eigenvalue weighted by molar-refractivity contribution is 0.301. The lowest BCUT2D eigenvalue weighted by Gasteiger charge is -2.19. The third-order valence-corrected chi connectivity index (χ3v) is 2.30. The predicted octanol–water partition coefficient (Wildman–Crippen LogP) is 1.08. The molecule has 0 radical (unpaired) electrons. The van der Waals surface area contributed by atoms with Crippen LogP contribution in [0.25, 0.3) is 0 Å². The first-order chi connectivity index (χ1) is 5.33. The van der Waals surface area contributed by atoms with Crippen molar-refractivity contribution >= 4 is 0 Å². The maximum absolute atomic E-state index is 3.50. The van der Waals surface area contributed by atoms with Crippen LogP contribution in [0.4, 0.5) is 0 Å². The van der Waals surface area contributed by atoms with Gasteiger partial charge in [0.25, 0.3) is 0 Å². The summed E-state index contributed by atoms with van der Waals surface area (Å²) in [5.41, 5.74) is 0. The van der Waals surface area contributed by atoms with Gasteiger partial charge >= 0.3 is 0 Å². The molecule has 1 fully saturated rings. The van der Waals surface area contributed by atoms with Crippen LogP contribution in [0.3, 0.4) is 0 Å². The summed E-state index contributed by atoms with van der Waals surface area (Å²) in [4.78, 5) is 2.42. The van der Waals surface area contributed by atoms with Crippen LogP contribution in [-0.2, 0) is 0 Å². The van der Waals surface area contributed by atoms with Crippen molar-refractivity contribution in [3.8, 4) is 0 Å². The van der Waals surface area contributed by atoms with Crippen LogP contribution < -0.4 is 5.32 Å². The fraction of sp³-hybridized carbons (Fsp3) is 1.00. The first-order valence-electron chi connectivity index (χ1n) is 4.75. The van der Waals surface area contributed by atoms with Gasteiger partial charge in [0.2, 0.25) is 0 Å². The van der Waals surface area contributed by atoms with Crippen molar-refractivity contribution in [2.45, 2.75) is 32.2 Å². The van der Waals surface area contributed by atoms with Gasteiger partial charge in [-0.3, -0.25) is 0 Å². The van der Waals surface area contributed by atoms with Gasteiger partial charge in [-0.1, -0.05) is 6.92 Å². The summed E-state index contributed by atoms with van der Waals surface area (Å²) in [5.74, 6) is 0. The molecule has 1 heterocycles. The van der Waals surface area contributed by atoms with Gasteiger partial charge in [-0.15, -0.1) is 0 Å². The summed E-state index contributed by atoms with van der Waals surface area (Å²) >= 11 is 0. The molecule has 1 aliphatic rings. The molecule has 0 unspecified atom stereocenters.